The maximum Gasteiger partial charge on any atom is 0.357 e. The van der Waals surface area contributed by atoms with Crippen LogP contribution in [-0.2, 0) is 14.3 Å². The van der Waals surface area contributed by atoms with E-state index in [0.29, 0.717) is 11.1 Å². The molecule has 0 saturated carbocycles. The Morgan fingerprint density at radius 1 is 1.06 bits per heavy atom. The normalized spacial score (nSPS) is 15.6. The largest absolute Gasteiger partial charge is 0.508 e. The maximum absolute atomic E-state index is 13.7. The number of thioether (sulfide) groups is 1. The number of aromatic nitrogens is 1. The zero-order chi connectivity index (χ0) is 25.3. The number of methoxy groups -OCH3 is 1. The Morgan fingerprint density at radius 3 is 2.23 bits per heavy atom. The summed E-state index contributed by atoms with van der Waals surface area (Å²) in [5, 5.41) is 18.7. The number of hydrogen-bond acceptors (Lipinski definition) is 9. The molecule has 2 heterocycles. The van der Waals surface area contributed by atoms with Gasteiger partial charge in [0, 0.05) is 5.22 Å². The van der Waals surface area contributed by atoms with Crippen molar-refractivity contribution in [2.24, 2.45) is 0 Å². The summed E-state index contributed by atoms with van der Waals surface area (Å²) in [5.74, 6) is -1.96. The van der Waals surface area contributed by atoms with Crippen LogP contribution in [0.15, 0.2) is 48.5 Å². The number of nitrogens with two attached hydrogens (primary N) is 1. The molecule has 0 fully saturated rings. The van der Waals surface area contributed by atoms with E-state index in [1.54, 1.807) is 37.3 Å². The Kier molecular flexibility index (Phi) is 6.57. The van der Waals surface area contributed by atoms with E-state index < -0.39 is 23.1 Å². The topological polar surface area (TPSA) is 141 Å². The Balaban J connectivity index is 2.09. The molecule has 4 N–H and O–H groups in total. The molecule has 35 heavy (non-hydrogen) atoms. The van der Waals surface area contributed by atoms with E-state index in [4.69, 9.17) is 15.2 Å². The van der Waals surface area contributed by atoms with Crippen LogP contribution in [0.25, 0.3) is 11.0 Å². The van der Waals surface area contributed by atoms with E-state index in [-0.39, 0.29) is 45.0 Å². The molecule has 0 saturated heterocycles. The number of phenolic OH excluding ortho intramolecular Hbond substituents is 2. The summed E-state index contributed by atoms with van der Waals surface area (Å²) in [6.07, 6.45) is 1.61. The van der Waals surface area contributed by atoms with Gasteiger partial charge < -0.3 is 25.4 Å². The van der Waals surface area contributed by atoms with Crippen molar-refractivity contribution in [3.63, 3.8) is 0 Å². The standard InChI is InChI=1S/C25H22N2O7S/c1-3-34-25(32)22-19-17(12-13-4-8-15(28)9-5-13)18(26)20(24(31)33-2)27(19)23(30)21(35-22)14-6-10-16(29)11-7-14/h4-12,21,28-29H,3,26H2,1-2H3/b17-12+. The van der Waals surface area contributed by atoms with Gasteiger partial charge in [-0.3, -0.25) is 9.36 Å². The molecule has 1 aliphatic rings. The highest BCUT2D eigenvalue weighted by Crippen LogP contribution is 2.40. The summed E-state index contributed by atoms with van der Waals surface area (Å²) in [4.78, 5) is 39.7. The van der Waals surface area contributed by atoms with Gasteiger partial charge in [-0.1, -0.05) is 36.0 Å². The lowest BCUT2D eigenvalue weighted by molar-refractivity contribution is -0.135. The van der Waals surface area contributed by atoms with Gasteiger partial charge in [-0.2, -0.15) is 0 Å². The third kappa shape index (κ3) is 4.35. The zero-order valence-corrected chi connectivity index (χ0v) is 19.7. The van der Waals surface area contributed by atoms with E-state index >= 15 is 0 Å². The summed E-state index contributed by atoms with van der Waals surface area (Å²) >= 11 is 0.980. The van der Waals surface area contributed by atoms with Gasteiger partial charge in [-0.25, -0.2) is 9.59 Å². The van der Waals surface area contributed by atoms with Crippen LogP contribution in [0, 0.1) is 0 Å². The molecule has 3 aromatic rings. The summed E-state index contributed by atoms with van der Waals surface area (Å²) in [6.45, 7) is 1.75. The number of esters is 2. The fraction of sp³-hybridized carbons (Fsp3) is 0.160. The smallest absolute Gasteiger partial charge is 0.357 e. The summed E-state index contributed by atoms with van der Waals surface area (Å²) in [7, 11) is 1.17. The molecule has 1 atom stereocenters. The van der Waals surface area contributed by atoms with Crippen LogP contribution >= 0.6 is 11.8 Å². The van der Waals surface area contributed by atoms with Crippen LogP contribution in [0.5, 0.6) is 11.5 Å². The van der Waals surface area contributed by atoms with Gasteiger partial charge in [0.2, 0.25) is 5.91 Å². The molecule has 4 rings (SSSR count). The first-order valence-corrected chi connectivity index (χ1v) is 11.4. The van der Waals surface area contributed by atoms with Gasteiger partial charge in [-0.05, 0) is 48.4 Å². The third-order valence-electron chi connectivity index (χ3n) is 5.38. The van der Waals surface area contributed by atoms with Crippen LogP contribution in [0.1, 0.15) is 38.6 Å². The van der Waals surface area contributed by atoms with Crippen molar-refractivity contribution in [2.45, 2.75) is 12.2 Å². The number of carbonyl (C=O) groups excluding carboxylic acids is 3. The van der Waals surface area contributed by atoms with E-state index in [1.165, 1.54) is 31.4 Å². The molecule has 0 aliphatic carbocycles. The Labute approximate surface area is 204 Å². The van der Waals surface area contributed by atoms with Crippen LogP contribution in [0.3, 0.4) is 0 Å². The van der Waals surface area contributed by atoms with Gasteiger partial charge in [-0.15, -0.1) is 0 Å². The van der Waals surface area contributed by atoms with Crippen molar-refractivity contribution in [3.8, 4) is 11.5 Å². The van der Waals surface area contributed by atoms with Crippen molar-refractivity contribution >= 4 is 46.3 Å². The molecule has 0 spiro atoms. The number of anilines is 1. The van der Waals surface area contributed by atoms with Gasteiger partial charge in [0.25, 0.3) is 0 Å². The Hall–Kier alpha value is -4.18. The number of carbonyl (C=O) groups is 3. The highest BCUT2D eigenvalue weighted by Gasteiger charge is 2.38. The quantitative estimate of drug-likeness (QED) is 0.454. The lowest BCUT2D eigenvalue weighted by atomic mass is 10.1. The number of benzene rings is 2. The second-order valence-corrected chi connectivity index (χ2v) is 8.68. The van der Waals surface area contributed by atoms with Crippen LogP contribution in [0.2, 0.25) is 0 Å². The average molecular weight is 495 g/mol. The second kappa shape index (κ2) is 9.59. The predicted octanol–water partition coefficient (Wildman–Crippen LogP) is 1.90. The minimum Gasteiger partial charge on any atom is -0.508 e. The summed E-state index contributed by atoms with van der Waals surface area (Å²) < 4.78 is 11.3. The molecular weight excluding hydrogens is 472 g/mol. The molecule has 0 radical (unpaired) electrons. The summed E-state index contributed by atoms with van der Waals surface area (Å²) in [5.41, 5.74) is 7.26. The first-order valence-electron chi connectivity index (χ1n) is 10.6. The number of aromatic hydroxyl groups is 2. The molecule has 180 valence electrons. The first-order chi connectivity index (χ1) is 16.8. The number of ether oxygens (including phenoxy) is 2. The molecule has 0 amide bonds. The van der Waals surface area contributed by atoms with Crippen molar-refractivity contribution in [1.82, 2.24) is 4.57 Å². The Morgan fingerprint density at radius 2 is 1.66 bits per heavy atom. The monoisotopic (exact) mass is 494 g/mol. The van der Waals surface area contributed by atoms with Gasteiger partial charge in [0.05, 0.1) is 24.8 Å². The number of fused-ring (bicyclic) bond motifs is 1. The average Bonchev–Trinajstić information content (AvgIpc) is 3.13. The number of nitrogens with zero attached hydrogens (tertiary/aromatic N) is 1. The van der Waals surface area contributed by atoms with Gasteiger partial charge in [0.15, 0.2) is 5.69 Å². The van der Waals surface area contributed by atoms with Gasteiger partial charge in [0.1, 0.15) is 21.7 Å². The molecule has 1 unspecified atom stereocenters. The molecule has 2 aromatic carbocycles. The fourth-order valence-electron chi connectivity index (χ4n) is 3.78. The molecule has 0 bridgehead atoms. The highest BCUT2D eigenvalue weighted by molar-refractivity contribution is 8.10. The molecule has 1 aromatic heterocycles. The fourth-order valence-corrected chi connectivity index (χ4v) is 4.98. The van der Waals surface area contributed by atoms with Crippen molar-refractivity contribution in [1.29, 1.82) is 0 Å². The minimum absolute atomic E-state index is 0.0172. The molecule has 1 aliphatic heterocycles. The van der Waals surface area contributed by atoms with E-state index in [9.17, 15) is 24.6 Å². The second-order valence-electron chi connectivity index (χ2n) is 7.56. The van der Waals surface area contributed by atoms with E-state index in [0.717, 1.165) is 16.3 Å². The highest BCUT2D eigenvalue weighted by atomic mass is 32.2. The van der Waals surface area contributed by atoms with Crippen molar-refractivity contribution in [2.75, 3.05) is 19.5 Å². The third-order valence-corrected chi connectivity index (χ3v) is 6.69. The van der Waals surface area contributed by atoms with Crippen LogP contribution in [-0.4, -0.2) is 46.3 Å². The van der Waals surface area contributed by atoms with Crippen molar-refractivity contribution in [3.05, 3.63) is 75.9 Å². The molecule has 10 heteroatoms. The Bertz CT molecular complexity index is 1440. The van der Waals surface area contributed by atoms with Gasteiger partial charge >= 0.3 is 11.9 Å². The lowest BCUT2D eigenvalue weighted by Crippen LogP contribution is -2.42. The molecule has 9 nitrogen and oxygen atoms in total. The maximum atomic E-state index is 13.7. The van der Waals surface area contributed by atoms with Crippen molar-refractivity contribution < 1.29 is 34.1 Å². The first kappa shape index (κ1) is 24.0. The SMILES string of the molecule is CCOC(=O)C1=c2/c(=C/c3ccc(O)cc3)c(N)c(C(=O)OC)n2C(=O)C(c2ccc(O)cc2)S1. The number of phenols is 2. The van der Waals surface area contributed by atoms with Crippen LogP contribution in [0.4, 0.5) is 5.69 Å². The molecular formula is C25H22N2O7S. The summed E-state index contributed by atoms with van der Waals surface area (Å²) in [6, 6.07) is 12.2. The number of hydrogen-bond donors (Lipinski definition) is 3. The van der Waals surface area contributed by atoms with E-state index in [2.05, 4.69) is 0 Å². The lowest BCUT2D eigenvalue weighted by Gasteiger charge is -2.23. The number of nitrogen functional groups attached to an aromatic ring is 1. The van der Waals surface area contributed by atoms with Crippen LogP contribution < -0.4 is 16.3 Å². The minimum atomic E-state index is -0.917. The predicted molar refractivity (Wildman–Crippen MR) is 130 cm³/mol. The number of rotatable bonds is 5. The van der Waals surface area contributed by atoms with E-state index in [1.807, 2.05) is 0 Å². The zero-order valence-electron chi connectivity index (χ0n) is 18.8.